The molecule has 1 aliphatic rings. The maximum absolute atomic E-state index is 12.7. The number of aliphatic hydroxyl groups excluding tert-OH is 3. The number of hydrogen-bond acceptors (Lipinski definition) is 23. The lowest BCUT2D eigenvalue weighted by Gasteiger charge is -2.36. The minimum atomic E-state index is -5.94. The molecule has 8 atom stereocenters. The van der Waals surface area contributed by atoms with E-state index in [0.717, 1.165) is 93.2 Å². The molecule has 440 valence electrons. The van der Waals surface area contributed by atoms with Gasteiger partial charge in [-0.15, -0.1) is 0 Å². The SMILES string of the molecule is CC/C=C\C/C=C\C/C=C\C/C=C\C/C=C\CCCCCCCCC[C@@H](O)CC(=O)SCCNC(=O)CCNC(=O)[C@H](O)C(C)(C)COP(=O)([O-])OP(=O)([O-])OC[C@H]1O[C@@H](n2cnc3c(N)ncnc32)[C@H](O)[C@@H]1OP(=O)([O-])[O-]. The number of unbranched alkanes of at least 4 members (excludes halogenated alkanes) is 7. The first-order chi connectivity index (χ1) is 36.9. The van der Waals surface area contributed by atoms with E-state index < -0.39 is 90.7 Å². The van der Waals surface area contributed by atoms with Crippen LogP contribution in [0.15, 0.2) is 73.4 Å². The average molecular weight is 1180 g/mol. The summed E-state index contributed by atoms with van der Waals surface area (Å²) in [7, 11) is -17.7. The van der Waals surface area contributed by atoms with Crippen molar-refractivity contribution in [1.82, 2.24) is 30.2 Å². The van der Waals surface area contributed by atoms with E-state index >= 15 is 0 Å². The monoisotopic (exact) mass is 1180 g/mol. The van der Waals surface area contributed by atoms with Gasteiger partial charge in [-0.1, -0.05) is 132 Å². The number of hydrogen-bond donors (Lipinski definition) is 6. The molecular weight excluding hydrogens is 1100 g/mol. The minimum absolute atomic E-state index is 0.000786. The summed E-state index contributed by atoms with van der Waals surface area (Å²) in [6, 6.07) is 0. The zero-order valence-corrected chi connectivity index (χ0v) is 47.8. The third-order valence-electron chi connectivity index (χ3n) is 11.7. The minimum Gasteiger partial charge on any atom is -0.790 e. The van der Waals surface area contributed by atoms with Gasteiger partial charge in [0.1, 0.15) is 36.3 Å². The number of carbonyl (C=O) groups excluding carboxylic acids is 3. The highest BCUT2D eigenvalue weighted by molar-refractivity contribution is 8.13. The van der Waals surface area contributed by atoms with Gasteiger partial charge in [0.15, 0.2) is 22.8 Å². The van der Waals surface area contributed by atoms with Gasteiger partial charge in [0, 0.05) is 37.1 Å². The Kier molecular flexibility index (Phi) is 31.5. The Balaban J connectivity index is 1.22. The van der Waals surface area contributed by atoms with Crippen molar-refractivity contribution >= 4 is 69.1 Å². The van der Waals surface area contributed by atoms with Crippen LogP contribution in [0, 0.1) is 5.41 Å². The molecule has 3 heterocycles. The van der Waals surface area contributed by atoms with Gasteiger partial charge in [-0.2, -0.15) is 0 Å². The number of fused-ring (bicyclic) bond motifs is 1. The molecule has 0 aliphatic carbocycles. The Hall–Kier alpha value is -3.78. The van der Waals surface area contributed by atoms with Crippen LogP contribution in [0.4, 0.5) is 5.82 Å². The number of allylic oxidation sites excluding steroid dienone is 10. The second kappa shape index (κ2) is 35.8. The first kappa shape index (κ1) is 68.5. The average Bonchev–Trinajstić information content (AvgIpc) is 4.01. The lowest BCUT2D eigenvalue weighted by Crippen LogP contribution is -2.46. The van der Waals surface area contributed by atoms with E-state index in [9.17, 15) is 63.0 Å². The predicted octanol–water partition coefficient (Wildman–Crippen LogP) is 4.15. The molecule has 0 bridgehead atoms. The van der Waals surface area contributed by atoms with Crippen molar-refractivity contribution in [3.05, 3.63) is 73.4 Å². The van der Waals surface area contributed by atoms with Crippen LogP contribution in [-0.2, 0) is 50.7 Å². The van der Waals surface area contributed by atoms with Crippen molar-refractivity contribution in [1.29, 1.82) is 0 Å². The molecule has 2 unspecified atom stereocenters. The first-order valence-corrected chi connectivity index (χ1v) is 31.2. The van der Waals surface area contributed by atoms with Crippen molar-refractivity contribution in [2.75, 3.05) is 37.8 Å². The highest BCUT2D eigenvalue weighted by Gasteiger charge is 2.47. The summed E-state index contributed by atoms with van der Waals surface area (Å²) >= 11 is 0.982. The Bertz CT molecular complexity index is 2450. The summed E-state index contributed by atoms with van der Waals surface area (Å²) < 4.78 is 60.9. The molecule has 29 heteroatoms. The van der Waals surface area contributed by atoms with Gasteiger partial charge >= 0.3 is 0 Å². The number of anilines is 1. The smallest absolute Gasteiger partial charge is 0.274 e. The van der Waals surface area contributed by atoms with Crippen LogP contribution in [0.2, 0.25) is 0 Å². The Morgan fingerprint density at radius 3 is 2.05 bits per heavy atom. The van der Waals surface area contributed by atoms with E-state index in [4.69, 9.17) is 10.5 Å². The molecule has 0 spiro atoms. The van der Waals surface area contributed by atoms with Crippen LogP contribution in [0.3, 0.4) is 0 Å². The van der Waals surface area contributed by atoms with Gasteiger partial charge in [0.2, 0.25) is 11.8 Å². The lowest BCUT2D eigenvalue weighted by atomic mass is 9.87. The molecule has 3 rings (SSSR count). The molecule has 1 fully saturated rings. The fraction of sp³-hybridized carbons (Fsp3) is 0.633. The predicted molar refractivity (Wildman–Crippen MR) is 285 cm³/mol. The van der Waals surface area contributed by atoms with E-state index in [2.05, 4.69) is 111 Å². The third kappa shape index (κ3) is 27.6. The fourth-order valence-corrected chi connectivity index (χ4v) is 11.0. The van der Waals surface area contributed by atoms with E-state index in [1.54, 1.807) is 0 Å². The van der Waals surface area contributed by atoms with Crippen LogP contribution in [0.1, 0.15) is 130 Å². The topological polar surface area (TPSA) is 395 Å². The molecule has 0 radical (unpaired) electrons. The molecule has 0 saturated carbocycles. The van der Waals surface area contributed by atoms with Gasteiger partial charge < -0.3 is 74.1 Å². The highest BCUT2D eigenvalue weighted by atomic mass is 32.2. The Labute approximate surface area is 460 Å². The van der Waals surface area contributed by atoms with Crippen LogP contribution in [0.25, 0.3) is 11.2 Å². The molecule has 2 aromatic heterocycles. The maximum Gasteiger partial charge on any atom is 0.274 e. The summed E-state index contributed by atoms with van der Waals surface area (Å²) in [4.78, 5) is 97.2. The van der Waals surface area contributed by atoms with Crippen molar-refractivity contribution in [2.45, 2.75) is 160 Å². The summed E-state index contributed by atoms with van der Waals surface area (Å²) in [6.07, 6.45) is 27.7. The van der Waals surface area contributed by atoms with Gasteiger partial charge in [0.05, 0.1) is 33.5 Å². The van der Waals surface area contributed by atoms with E-state index in [1.165, 1.54) is 33.1 Å². The number of nitrogen functional groups attached to an aromatic ring is 1. The summed E-state index contributed by atoms with van der Waals surface area (Å²) in [5, 5.41) is 36.5. The van der Waals surface area contributed by atoms with Crippen molar-refractivity contribution in [3.8, 4) is 0 Å². The third-order valence-corrected chi connectivity index (χ3v) is 15.6. The van der Waals surface area contributed by atoms with Crippen molar-refractivity contribution in [3.63, 3.8) is 0 Å². The number of thioether (sulfide) groups is 1. The van der Waals surface area contributed by atoms with E-state index in [-0.39, 0.29) is 53.8 Å². The van der Waals surface area contributed by atoms with Crippen LogP contribution in [-0.4, -0.2) is 114 Å². The summed E-state index contributed by atoms with van der Waals surface area (Å²) in [6.45, 7) is 2.11. The Morgan fingerprint density at radius 1 is 0.833 bits per heavy atom. The zero-order valence-electron chi connectivity index (χ0n) is 44.3. The number of ether oxygens (including phenoxy) is 1. The molecule has 7 N–H and O–H groups in total. The molecule has 25 nitrogen and oxygen atoms in total. The number of rotatable bonds is 40. The zero-order chi connectivity index (χ0) is 57.6. The number of nitrogens with one attached hydrogen (secondary N) is 2. The van der Waals surface area contributed by atoms with Crippen LogP contribution >= 0.6 is 35.2 Å². The largest absolute Gasteiger partial charge is 0.790 e. The summed E-state index contributed by atoms with van der Waals surface area (Å²) in [5.74, 6) is -1.35. The number of aromatic nitrogens is 4. The van der Waals surface area contributed by atoms with Crippen molar-refractivity contribution < 1.29 is 85.6 Å². The standard InChI is InChI=1S/C49H80N7O18P3S/c1-4-5-6-7-8-9-10-11-12-13-14-15-16-17-18-19-20-21-22-23-24-25-26-27-37(57)32-40(59)78-31-30-51-39(58)28-29-52-47(62)44(61)49(2,3)34-71-77(68,69)74-76(66,67)70-33-38-43(73-75(63,64)65)42(60)48(72-38)56-36-55-41-45(50)53-35-54-46(41)56/h5-6,8-9,11-12,14-15,17-18,35-38,42-44,48,57,60-61H,4,7,10,13,16,19-34H2,1-3H3,(H,51,58)(H,52,62)(H,66,67)(H,68,69)(H2,50,53,54)(H2,63,64,65)/p-4/b6-5-,9-8-,12-11-,15-14-,18-17-/t37-,38-,42-,43-,44+,48-/m1/s1. The van der Waals surface area contributed by atoms with Gasteiger partial charge in [-0.05, 0) is 51.4 Å². The van der Waals surface area contributed by atoms with Gasteiger partial charge in [0.25, 0.3) is 15.6 Å². The van der Waals surface area contributed by atoms with E-state index in [1.807, 2.05) is 0 Å². The van der Waals surface area contributed by atoms with Crippen LogP contribution < -0.4 is 35.9 Å². The van der Waals surface area contributed by atoms with Gasteiger partial charge in [-0.3, -0.25) is 28.1 Å². The number of nitrogens with zero attached hydrogens (tertiary/aromatic N) is 4. The molecule has 1 saturated heterocycles. The number of nitrogens with two attached hydrogens (primary N) is 1. The normalized spacial score (nSPS) is 19.9. The van der Waals surface area contributed by atoms with Crippen molar-refractivity contribution in [2.24, 2.45) is 5.41 Å². The lowest BCUT2D eigenvalue weighted by molar-refractivity contribution is -0.347. The highest BCUT2D eigenvalue weighted by Crippen LogP contribution is 2.56. The second-order valence-corrected chi connectivity index (χ2v) is 24.0. The number of phosphoric acid groups is 3. The first-order valence-electron chi connectivity index (χ1n) is 25.9. The molecule has 0 aromatic carbocycles. The maximum atomic E-state index is 12.7. The Morgan fingerprint density at radius 2 is 1.42 bits per heavy atom. The number of carbonyl (C=O) groups is 3. The van der Waals surface area contributed by atoms with E-state index in [0.29, 0.717) is 6.42 Å². The number of aliphatic hydroxyl groups is 3. The number of amides is 2. The summed E-state index contributed by atoms with van der Waals surface area (Å²) in [5.41, 5.74) is 4.06. The molecule has 2 aromatic rings. The quantitative estimate of drug-likeness (QED) is 0.0310. The molecular formula is C49H76N7O18P3S-4. The number of phosphoric ester groups is 3. The molecule has 78 heavy (non-hydrogen) atoms. The van der Waals surface area contributed by atoms with Crippen LogP contribution in [0.5, 0.6) is 0 Å². The fourth-order valence-electron chi connectivity index (χ4n) is 7.52. The van der Waals surface area contributed by atoms with Gasteiger partial charge in [-0.25, -0.2) is 19.3 Å². The number of imidazole rings is 1. The molecule has 1 aliphatic heterocycles. The molecule has 2 amide bonds. The second-order valence-electron chi connectivity index (χ2n) is 18.8.